The third-order valence-corrected chi connectivity index (χ3v) is 4.27. The molecule has 0 spiro atoms. The Kier molecular flexibility index (Phi) is 6.09. The first-order chi connectivity index (χ1) is 12.3. The summed E-state index contributed by atoms with van der Waals surface area (Å²) in [6.07, 6.45) is 1.93. The van der Waals surface area contributed by atoms with Crippen molar-refractivity contribution >= 4 is 5.82 Å². The highest BCUT2D eigenvalue weighted by atomic mass is 16.5. The van der Waals surface area contributed by atoms with Gasteiger partial charge in [-0.15, -0.1) is 0 Å². The Morgan fingerprint density at radius 1 is 1.08 bits per heavy atom. The number of methoxy groups -OCH3 is 2. The van der Waals surface area contributed by atoms with Crippen molar-refractivity contribution < 1.29 is 14.2 Å². The molecule has 0 saturated carbocycles. The number of pyridine rings is 1. The number of anilines is 1. The number of ether oxygens (including phenoxy) is 3. The number of hydrogen-bond acceptors (Lipinski definition) is 6. The Bertz CT molecular complexity index is 670. The minimum Gasteiger partial charge on any atom is -0.493 e. The third kappa shape index (κ3) is 4.41. The van der Waals surface area contributed by atoms with Gasteiger partial charge in [-0.3, -0.25) is 0 Å². The fraction of sp³-hybridized carbons (Fsp3) is 0.421. The lowest BCUT2D eigenvalue weighted by Crippen LogP contribution is -2.36. The van der Waals surface area contributed by atoms with Gasteiger partial charge in [0, 0.05) is 37.9 Å². The van der Waals surface area contributed by atoms with E-state index >= 15 is 0 Å². The van der Waals surface area contributed by atoms with Gasteiger partial charge in [0.1, 0.15) is 5.82 Å². The molecular weight excluding hydrogens is 318 g/mol. The fourth-order valence-electron chi connectivity index (χ4n) is 2.94. The van der Waals surface area contributed by atoms with E-state index in [0.29, 0.717) is 6.54 Å². The summed E-state index contributed by atoms with van der Waals surface area (Å²) in [6.45, 7) is 4.80. The van der Waals surface area contributed by atoms with E-state index < -0.39 is 0 Å². The minimum absolute atomic E-state index is 0.700. The monoisotopic (exact) mass is 343 g/mol. The summed E-state index contributed by atoms with van der Waals surface area (Å²) in [6, 6.07) is 10.1. The van der Waals surface area contributed by atoms with Gasteiger partial charge in [0.2, 0.25) is 0 Å². The number of para-hydroxylation sites is 1. The van der Waals surface area contributed by atoms with Crippen molar-refractivity contribution in [3.05, 3.63) is 47.7 Å². The van der Waals surface area contributed by atoms with Gasteiger partial charge in [-0.25, -0.2) is 4.98 Å². The summed E-state index contributed by atoms with van der Waals surface area (Å²) in [5.74, 6) is 2.54. The molecule has 0 bridgehead atoms. The number of rotatable bonds is 7. The molecule has 25 heavy (non-hydrogen) atoms. The highest BCUT2D eigenvalue weighted by molar-refractivity contribution is 5.46. The maximum Gasteiger partial charge on any atom is 0.165 e. The van der Waals surface area contributed by atoms with Gasteiger partial charge in [-0.1, -0.05) is 18.2 Å². The molecule has 0 amide bonds. The molecule has 0 unspecified atom stereocenters. The summed E-state index contributed by atoms with van der Waals surface area (Å²) < 4.78 is 16.2. The Morgan fingerprint density at radius 3 is 2.60 bits per heavy atom. The van der Waals surface area contributed by atoms with Crippen LogP contribution in [0, 0.1) is 0 Å². The highest BCUT2D eigenvalue weighted by Crippen LogP contribution is 2.30. The number of aromatic nitrogens is 1. The average Bonchev–Trinajstić information content (AvgIpc) is 2.69. The number of benzene rings is 1. The molecule has 3 rings (SSSR count). The van der Waals surface area contributed by atoms with Gasteiger partial charge in [-0.05, 0) is 17.7 Å². The van der Waals surface area contributed by atoms with Gasteiger partial charge in [0.15, 0.2) is 11.5 Å². The smallest absolute Gasteiger partial charge is 0.165 e. The quantitative estimate of drug-likeness (QED) is 0.832. The van der Waals surface area contributed by atoms with Crippen LogP contribution in [0.15, 0.2) is 36.5 Å². The summed E-state index contributed by atoms with van der Waals surface area (Å²) in [5, 5.41) is 3.43. The first kappa shape index (κ1) is 17.5. The molecule has 0 aliphatic carbocycles. The topological polar surface area (TPSA) is 55.9 Å². The summed E-state index contributed by atoms with van der Waals surface area (Å²) in [5.41, 5.74) is 2.22. The standard InChI is InChI=1S/C19H25N3O3/c1-23-17-5-3-4-16(19(17)24-2)14-20-12-15-6-7-18(21-13-15)22-8-10-25-11-9-22/h3-7,13,20H,8-12,14H2,1-2H3. The van der Waals surface area contributed by atoms with Gasteiger partial charge in [-0.2, -0.15) is 0 Å². The van der Waals surface area contributed by atoms with E-state index in [1.807, 2.05) is 24.4 Å². The van der Waals surface area contributed by atoms with Crippen LogP contribution in [0.2, 0.25) is 0 Å². The van der Waals surface area contributed by atoms with Gasteiger partial charge in [0.05, 0.1) is 27.4 Å². The van der Waals surface area contributed by atoms with Crippen LogP contribution < -0.4 is 19.7 Å². The molecule has 0 radical (unpaired) electrons. The van der Waals surface area contributed by atoms with E-state index in [2.05, 4.69) is 27.3 Å². The lowest BCUT2D eigenvalue weighted by molar-refractivity contribution is 0.122. The average molecular weight is 343 g/mol. The van der Waals surface area contributed by atoms with Crippen molar-refractivity contribution in [2.75, 3.05) is 45.4 Å². The SMILES string of the molecule is COc1cccc(CNCc2ccc(N3CCOCC3)nc2)c1OC. The Balaban J connectivity index is 1.55. The van der Waals surface area contributed by atoms with Crippen LogP contribution in [0.3, 0.4) is 0 Å². The molecule has 134 valence electrons. The molecule has 1 saturated heterocycles. The van der Waals surface area contributed by atoms with E-state index in [4.69, 9.17) is 14.2 Å². The van der Waals surface area contributed by atoms with Crippen LogP contribution in [0.25, 0.3) is 0 Å². The Morgan fingerprint density at radius 2 is 1.92 bits per heavy atom. The molecule has 6 heteroatoms. The van der Waals surface area contributed by atoms with Crippen molar-refractivity contribution in [2.45, 2.75) is 13.1 Å². The first-order valence-corrected chi connectivity index (χ1v) is 8.50. The third-order valence-electron chi connectivity index (χ3n) is 4.27. The number of morpholine rings is 1. The predicted molar refractivity (Wildman–Crippen MR) is 97.4 cm³/mol. The Hall–Kier alpha value is -2.31. The van der Waals surface area contributed by atoms with E-state index in [1.54, 1.807) is 14.2 Å². The zero-order valence-corrected chi connectivity index (χ0v) is 14.8. The number of nitrogens with zero attached hydrogens (tertiary/aromatic N) is 2. The largest absolute Gasteiger partial charge is 0.493 e. The summed E-state index contributed by atoms with van der Waals surface area (Å²) in [4.78, 5) is 6.83. The molecule has 6 nitrogen and oxygen atoms in total. The summed E-state index contributed by atoms with van der Waals surface area (Å²) in [7, 11) is 3.31. The molecule has 2 heterocycles. The molecule has 0 atom stereocenters. The van der Waals surface area contributed by atoms with E-state index in [0.717, 1.165) is 61.3 Å². The zero-order valence-electron chi connectivity index (χ0n) is 14.8. The van der Waals surface area contributed by atoms with Crippen LogP contribution in [0.1, 0.15) is 11.1 Å². The molecule has 1 aliphatic heterocycles. The molecule has 1 aromatic carbocycles. The van der Waals surface area contributed by atoms with Crippen LogP contribution in [-0.4, -0.2) is 45.5 Å². The van der Waals surface area contributed by atoms with Crippen LogP contribution >= 0.6 is 0 Å². The van der Waals surface area contributed by atoms with E-state index in [1.165, 1.54) is 0 Å². The van der Waals surface area contributed by atoms with Gasteiger partial charge >= 0.3 is 0 Å². The first-order valence-electron chi connectivity index (χ1n) is 8.50. The van der Waals surface area contributed by atoms with Crippen molar-refractivity contribution in [2.24, 2.45) is 0 Å². The second kappa shape index (κ2) is 8.69. The summed E-state index contributed by atoms with van der Waals surface area (Å²) >= 11 is 0. The van der Waals surface area contributed by atoms with Crippen LogP contribution in [0.5, 0.6) is 11.5 Å². The second-order valence-electron chi connectivity index (χ2n) is 5.88. The normalized spacial score (nSPS) is 14.4. The Labute approximate surface area is 148 Å². The molecule has 1 aliphatic rings. The van der Waals surface area contributed by atoms with Crippen LogP contribution in [-0.2, 0) is 17.8 Å². The molecule has 1 fully saturated rings. The number of hydrogen-bond donors (Lipinski definition) is 1. The number of nitrogens with one attached hydrogen (secondary N) is 1. The molecule has 1 aromatic heterocycles. The lowest BCUT2D eigenvalue weighted by atomic mass is 10.1. The second-order valence-corrected chi connectivity index (χ2v) is 5.88. The van der Waals surface area contributed by atoms with E-state index in [-0.39, 0.29) is 0 Å². The molecule has 2 aromatic rings. The highest BCUT2D eigenvalue weighted by Gasteiger charge is 2.12. The van der Waals surface area contributed by atoms with Gasteiger partial charge < -0.3 is 24.4 Å². The maximum absolute atomic E-state index is 5.46. The maximum atomic E-state index is 5.46. The van der Waals surface area contributed by atoms with Crippen molar-refractivity contribution in [3.8, 4) is 11.5 Å². The minimum atomic E-state index is 0.700. The molecule has 1 N–H and O–H groups in total. The predicted octanol–water partition coefficient (Wildman–Crippen LogP) is 2.23. The van der Waals surface area contributed by atoms with Crippen molar-refractivity contribution in [1.82, 2.24) is 10.3 Å². The van der Waals surface area contributed by atoms with E-state index in [9.17, 15) is 0 Å². The van der Waals surface area contributed by atoms with Crippen molar-refractivity contribution in [3.63, 3.8) is 0 Å². The fourth-order valence-corrected chi connectivity index (χ4v) is 2.94. The lowest BCUT2D eigenvalue weighted by Gasteiger charge is -2.27. The zero-order chi connectivity index (χ0) is 17.5. The molecular formula is C19H25N3O3. The van der Waals surface area contributed by atoms with Crippen molar-refractivity contribution in [1.29, 1.82) is 0 Å². The van der Waals surface area contributed by atoms with Crippen LogP contribution in [0.4, 0.5) is 5.82 Å². The van der Waals surface area contributed by atoms with Gasteiger partial charge in [0.25, 0.3) is 0 Å².